The molecule has 1 N–H and O–H groups in total. The Morgan fingerprint density at radius 1 is 1.50 bits per heavy atom. The number of rotatable bonds is 3. The van der Waals surface area contributed by atoms with Crippen LogP contribution in [0.1, 0.15) is 17.5 Å². The topological polar surface area (TPSA) is 80.4 Å². The van der Waals surface area contributed by atoms with Gasteiger partial charge in [-0.05, 0) is 6.92 Å². The molecule has 1 fully saturated rings. The van der Waals surface area contributed by atoms with E-state index in [-0.39, 0.29) is 5.56 Å². The standard InChI is InChI=1S/C11H9F2NO4/c1-6-3-2-4-7(8(6)14(17)18)10(9(15)16)5-11(10,12)13/h2-4H,5H2,1H3,(H,15,16). The number of alkyl halides is 2. The van der Waals surface area contributed by atoms with Gasteiger partial charge in [0.2, 0.25) is 0 Å². The highest BCUT2D eigenvalue weighted by Gasteiger charge is 2.79. The lowest BCUT2D eigenvalue weighted by Crippen LogP contribution is -2.28. The third-order valence-electron chi connectivity index (χ3n) is 3.23. The van der Waals surface area contributed by atoms with Crippen molar-refractivity contribution in [3.63, 3.8) is 0 Å². The Kier molecular flexibility index (Phi) is 2.39. The minimum absolute atomic E-state index is 0.167. The Hall–Kier alpha value is -2.05. The Bertz CT molecular complexity index is 558. The second-order valence-electron chi connectivity index (χ2n) is 4.32. The van der Waals surface area contributed by atoms with E-state index in [9.17, 15) is 23.7 Å². The Morgan fingerprint density at radius 3 is 2.44 bits per heavy atom. The van der Waals surface area contributed by atoms with Gasteiger partial charge in [0.15, 0.2) is 5.41 Å². The summed E-state index contributed by atoms with van der Waals surface area (Å²) in [6.07, 6.45) is -0.903. The summed E-state index contributed by atoms with van der Waals surface area (Å²) in [5.41, 5.74) is -3.26. The van der Waals surface area contributed by atoms with Gasteiger partial charge in [-0.2, -0.15) is 0 Å². The van der Waals surface area contributed by atoms with Gasteiger partial charge in [-0.25, -0.2) is 8.78 Å². The van der Waals surface area contributed by atoms with E-state index in [1.54, 1.807) is 0 Å². The molecule has 1 aliphatic rings. The van der Waals surface area contributed by atoms with E-state index >= 15 is 0 Å². The molecule has 1 aromatic rings. The van der Waals surface area contributed by atoms with E-state index in [2.05, 4.69) is 0 Å². The van der Waals surface area contributed by atoms with Gasteiger partial charge in [0, 0.05) is 12.0 Å². The van der Waals surface area contributed by atoms with Gasteiger partial charge >= 0.3 is 5.97 Å². The molecule has 7 heteroatoms. The fourth-order valence-corrected chi connectivity index (χ4v) is 2.17. The Balaban J connectivity index is 2.70. The quantitative estimate of drug-likeness (QED) is 0.665. The van der Waals surface area contributed by atoms with Crippen LogP contribution in [0.25, 0.3) is 0 Å². The number of para-hydroxylation sites is 1. The number of aliphatic carboxylic acids is 1. The number of hydrogen-bond donors (Lipinski definition) is 1. The smallest absolute Gasteiger partial charge is 0.320 e. The monoisotopic (exact) mass is 257 g/mol. The first-order chi connectivity index (χ1) is 8.24. The first kappa shape index (κ1) is 12.4. The highest BCUT2D eigenvalue weighted by Crippen LogP contribution is 2.63. The van der Waals surface area contributed by atoms with E-state index in [0.29, 0.717) is 0 Å². The van der Waals surface area contributed by atoms with Crippen molar-refractivity contribution >= 4 is 11.7 Å². The van der Waals surface area contributed by atoms with Crippen molar-refractivity contribution in [2.24, 2.45) is 0 Å². The van der Waals surface area contributed by atoms with Crippen molar-refractivity contribution in [3.05, 3.63) is 39.4 Å². The molecule has 0 saturated heterocycles. The van der Waals surface area contributed by atoms with Crippen LogP contribution in [0, 0.1) is 17.0 Å². The average molecular weight is 257 g/mol. The molecule has 2 rings (SSSR count). The first-order valence-electron chi connectivity index (χ1n) is 5.10. The number of benzene rings is 1. The van der Waals surface area contributed by atoms with E-state index in [0.717, 1.165) is 6.07 Å². The maximum Gasteiger partial charge on any atom is 0.320 e. The normalized spacial score (nSPS) is 24.6. The molecular weight excluding hydrogens is 248 g/mol. The van der Waals surface area contributed by atoms with Crippen LogP contribution in [0.4, 0.5) is 14.5 Å². The second kappa shape index (κ2) is 3.47. The molecular formula is C11H9F2NO4. The molecule has 0 amide bonds. The number of halogens is 2. The minimum Gasteiger partial charge on any atom is -0.480 e. The molecule has 1 atom stereocenters. The van der Waals surface area contributed by atoms with Crippen LogP contribution >= 0.6 is 0 Å². The molecule has 18 heavy (non-hydrogen) atoms. The number of aryl methyl sites for hydroxylation is 1. The van der Waals surface area contributed by atoms with Crippen molar-refractivity contribution in [2.75, 3.05) is 0 Å². The van der Waals surface area contributed by atoms with Gasteiger partial charge in [0.05, 0.1) is 10.5 Å². The summed E-state index contributed by atoms with van der Waals surface area (Å²) < 4.78 is 26.7. The summed E-state index contributed by atoms with van der Waals surface area (Å²) >= 11 is 0. The third kappa shape index (κ3) is 1.40. The summed E-state index contributed by atoms with van der Waals surface area (Å²) in [6, 6.07) is 3.81. The van der Waals surface area contributed by atoms with Crippen LogP contribution < -0.4 is 0 Å². The summed E-state index contributed by atoms with van der Waals surface area (Å²) in [7, 11) is 0. The minimum atomic E-state index is -3.45. The van der Waals surface area contributed by atoms with Crippen molar-refractivity contribution in [3.8, 4) is 0 Å². The van der Waals surface area contributed by atoms with E-state index in [1.165, 1.54) is 19.1 Å². The lowest BCUT2D eigenvalue weighted by Gasteiger charge is -2.13. The molecule has 0 heterocycles. The SMILES string of the molecule is Cc1cccc(C2(C(=O)O)CC2(F)F)c1[N+](=O)[O-]. The number of nitrogens with zero attached hydrogens (tertiary/aromatic N) is 1. The van der Waals surface area contributed by atoms with Gasteiger partial charge in [0.25, 0.3) is 11.6 Å². The van der Waals surface area contributed by atoms with Crippen LogP contribution in [0.5, 0.6) is 0 Å². The lowest BCUT2D eigenvalue weighted by molar-refractivity contribution is -0.386. The van der Waals surface area contributed by atoms with Crippen molar-refractivity contribution in [1.29, 1.82) is 0 Å². The molecule has 0 bridgehead atoms. The van der Waals surface area contributed by atoms with Gasteiger partial charge in [-0.1, -0.05) is 18.2 Å². The molecule has 0 radical (unpaired) electrons. The number of carboxylic acid groups (broad SMARTS) is 1. The molecule has 0 aliphatic heterocycles. The zero-order valence-electron chi connectivity index (χ0n) is 9.31. The Morgan fingerprint density at radius 2 is 2.06 bits per heavy atom. The van der Waals surface area contributed by atoms with E-state index in [4.69, 9.17) is 5.11 Å². The predicted octanol–water partition coefficient (Wildman–Crippen LogP) is 2.26. The summed E-state index contributed by atoms with van der Waals surface area (Å²) in [4.78, 5) is 21.2. The summed E-state index contributed by atoms with van der Waals surface area (Å²) in [5.74, 6) is -5.18. The summed E-state index contributed by atoms with van der Waals surface area (Å²) in [6.45, 7) is 1.39. The van der Waals surface area contributed by atoms with Crippen LogP contribution in [0.3, 0.4) is 0 Å². The molecule has 1 saturated carbocycles. The number of nitro groups is 1. The molecule has 0 aromatic heterocycles. The van der Waals surface area contributed by atoms with Crippen LogP contribution in [-0.4, -0.2) is 21.9 Å². The van der Waals surface area contributed by atoms with Crippen LogP contribution in [0.2, 0.25) is 0 Å². The average Bonchev–Trinajstić information content (AvgIpc) is 2.82. The third-order valence-corrected chi connectivity index (χ3v) is 3.23. The van der Waals surface area contributed by atoms with E-state index < -0.39 is 39.9 Å². The fraction of sp³-hybridized carbons (Fsp3) is 0.364. The van der Waals surface area contributed by atoms with Gasteiger partial charge in [-0.15, -0.1) is 0 Å². The molecule has 5 nitrogen and oxygen atoms in total. The molecule has 1 unspecified atom stereocenters. The zero-order chi connectivity index (χ0) is 13.7. The number of carbonyl (C=O) groups is 1. The highest BCUT2D eigenvalue weighted by molar-refractivity contribution is 5.89. The second-order valence-corrected chi connectivity index (χ2v) is 4.32. The van der Waals surface area contributed by atoms with Gasteiger partial charge < -0.3 is 5.11 Å². The molecule has 1 aliphatic carbocycles. The van der Waals surface area contributed by atoms with E-state index in [1.807, 2.05) is 0 Å². The van der Waals surface area contributed by atoms with Gasteiger partial charge in [0.1, 0.15) is 0 Å². The number of carboxylic acids is 1. The van der Waals surface area contributed by atoms with Gasteiger partial charge in [-0.3, -0.25) is 14.9 Å². The number of nitro benzene ring substituents is 1. The van der Waals surface area contributed by atoms with Crippen molar-refractivity contribution < 1.29 is 23.6 Å². The maximum atomic E-state index is 13.4. The fourth-order valence-electron chi connectivity index (χ4n) is 2.17. The largest absolute Gasteiger partial charge is 0.480 e. The van der Waals surface area contributed by atoms with Crippen molar-refractivity contribution in [1.82, 2.24) is 0 Å². The predicted molar refractivity (Wildman–Crippen MR) is 56.7 cm³/mol. The van der Waals surface area contributed by atoms with Crippen LogP contribution in [-0.2, 0) is 10.2 Å². The highest BCUT2D eigenvalue weighted by atomic mass is 19.3. The summed E-state index contributed by atoms with van der Waals surface area (Å²) in [5, 5.41) is 19.9. The Labute approximate surface area is 100 Å². The number of hydrogen-bond acceptors (Lipinski definition) is 3. The molecule has 0 spiro atoms. The molecule has 1 aromatic carbocycles. The lowest BCUT2D eigenvalue weighted by atomic mass is 9.92. The molecule has 96 valence electrons. The first-order valence-corrected chi connectivity index (χ1v) is 5.10. The zero-order valence-corrected chi connectivity index (χ0v) is 9.31. The maximum absolute atomic E-state index is 13.4. The van der Waals surface area contributed by atoms with Crippen LogP contribution in [0.15, 0.2) is 18.2 Å². The van der Waals surface area contributed by atoms with Crippen molar-refractivity contribution in [2.45, 2.75) is 24.7 Å².